The Morgan fingerprint density at radius 2 is 1.54 bits per heavy atom. The Balaban J connectivity index is 1.88. The quantitative estimate of drug-likeness (QED) is 0.356. The molecule has 1 amide bonds. The van der Waals surface area contributed by atoms with E-state index in [-0.39, 0.29) is 36.0 Å². The fourth-order valence-electron chi connectivity index (χ4n) is 4.78. The van der Waals surface area contributed by atoms with E-state index < -0.39 is 63.8 Å². The minimum Gasteiger partial charge on any atom is -0.342 e. The molecular formula is C28H31Cl2F3N2O5S. The summed E-state index contributed by atoms with van der Waals surface area (Å²) < 4.78 is 63.8. The molecule has 1 heterocycles. The zero-order valence-corrected chi connectivity index (χ0v) is 24.8. The van der Waals surface area contributed by atoms with E-state index in [9.17, 15) is 36.0 Å². The van der Waals surface area contributed by atoms with Crippen molar-refractivity contribution in [3.63, 3.8) is 0 Å². The number of nitrogens with one attached hydrogen (secondary N) is 1. The number of hydrogen-bond donors (Lipinski definition) is 1. The van der Waals surface area contributed by atoms with E-state index in [4.69, 9.17) is 23.2 Å². The number of ketones is 2. The Hall–Kier alpha value is -2.47. The zero-order valence-electron chi connectivity index (χ0n) is 22.5. The summed E-state index contributed by atoms with van der Waals surface area (Å²) in [6.45, 7) is 3.19. The molecule has 0 saturated carbocycles. The minimum atomic E-state index is -5.10. The van der Waals surface area contributed by atoms with Gasteiger partial charge in [-0.1, -0.05) is 73.4 Å². The van der Waals surface area contributed by atoms with E-state index in [2.05, 4.69) is 5.32 Å². The highest BCUT2D eigenvalue weighted by atomic mass is 35.5. The van der Waals surface area contributed by atoms with Crippen molar-refractivity contribution >= 4 is 50.5 Å². The fraction of sp³-hybridized carbons (Fsp3) is 0.464. The number of nitrogens with zero attached hydrogens (tertiary/aromatic N) is 1. The molecule has 0 aromatic heterocycles. The molecule has 1 saturated heterocycles. The summed E-state index contributed by atoms with van der Waals surface area (Å²) in [5.74, 6) is -5.89. The Morgan fingerprint density at radius 3 is 2.07 bits per heavy atom. The number of halogens is 5. The summed E-state index contributed by atoms with van der Waals surface area (Å²) in [4.78, 5) is 40.7. The van der Waals surface area contributed by atoms with Crippen molar-refractivity contribution in [2.75, 3.05) is 24.6 Å². The lowest BCUT2D eigenvalue weighted by Crippen LogP contribution is -2.44. The second-order valence-electron chi connectivity index (χ2n) is 10.4. The van der Waals surface area contributed by atoms with Crippen LogP contribution in [-0.4, -0.2) is 61.6 Å². The van der Waals surface area contributed by atoms with E-state index >= 15 is 0 Å². The highest BCUT2D eigenvalue weighted by molar-refractivity contribution is 7.91. The van der Waals surface area contributed by atoms with Crippen LogP contribution in [0, 0.1) is 11.8 Å². The van der Waals surface area contributed by atoms with Crippen LogP contribution >= 0.6 is 23.2 Å². The van der Waals surface area contributed by atoms with Crippen LogP contribution in [0.1, 0.15) is 49.9 Å². The second kappa shape index (κ2) is 13.7. The van der Waals surface area contributed by atoms with Gasteiger partial charge in [0.2, 0.25) is 11.7 Å². The largest absolute Gasteiger partial charge is 0.450 e. The number of carbonyl (C=O) groups excluding carboxylic acids is 3. The Morgan fingerprint density at radius 1 is 0.927 bits per heavy atom. The maximum Gasteiger partial charge on any atom is 0.450 e. The third-order valence-corrected chi connectivity index (χ3v) is 9.48. The van der Waals surface area contributed by atoms with Gasteiger partial charge in [-0.15, -0.1) is 0 Å². The summed E-state index contributed by atoms with van der Waals surface area (Å²) >= 11 is 12.3. The Kier molecular flexibility index (Phi) is 11.0. The Labute approximate surface area is 247 Å². The van der Waals surface area contributed by atoms with Crippen molar-refractivity contribution in [2.45, 2.75) is 44.9 Å². The number of hydrogen-bond acceptors (Lipinski definition) is 6. The minimum absolute atomic E-state index is 0.0958. The van der Waals surface area contributed by atoms with Gasteiger partial charge in [-0.25, -0.2) is 8.42 Å². The zero-order chi connectivity index (χ0) is 30.5. The van der Waals surface area contributed by atoms with Crippen molar-refractivity contribution in [1.29, 1.82) is 0 Å². The smallest absolute Gasteiger partial charge is 0.342 e. The van der Waals surface area contributed by atoms with Crippen LogP contribution in [-0.2, 0) is 24.2 Å². The van der Waals surface area contributed by atoms with Gasteiger partial charge in [0.25, 0.3) is 0 Å². The van der Waals surface area contributed by atoms with Gasteiger partial charge in [-0.05, 0) is 29.2 Å². The molecule has 13 heteroatoms. The third-order valence-electron chi connectivity index (χ3n) is 7.13. The summed E-state index contributed by atoms with van der Waals surface area (Å²) in [6.07, 6.45) is -6.02. The van der Waals surface area contributed by atoms with Crippen molar-refractivity contribution in [3.05, 3.63) is 69.7 Å². The summed E-state index contributed by atoms with van der Waals surface area (Å²) in [5.41, 5.74) is 0.954. The first kappa shape index (κ1) is 33.0. The molecule has 0 unspecified atom stereocenters. The highest BCUT2D eigenvalue weighted by Gasteiger charge is 2.45. The van der Waals surface area contributed by atoms with Crippen LogP contribution in [0.25, 0.3) is 0 Å². The van der Waals surface area contributed by atoms with Crippen LogP contribution in [0.3, 0.4) is 0 Å². The van der Waals surface area contributed by atoms with Crippen LogP contribution < -0.4 is 5.32 Å². The van der Waals surface area contributed by atoms with Gasteiger partial charge < -0.3 is 5.32 Å². The molecular weight excluding hydrogens is 604 g/mol. The van der Waals surface area contributed by atoms with Crippen LogP contribution in [0.15, 0.2) is 48.5 Å². The molecule has 3 rings (SSSR count). The van der Waals surface area contributed by atoms with Crippen molar-refractivity contribution in [3.8, 4) is 0 Å². The number of alkyl halides is 3. The topological polar surface area (TPSA) is 101 Å². The normalized spacial score (nSPS) is 18.0. The molecule has 0 radical (unpaired) electrons. The SMILES string of the molecule is CC(C)[C@H](CC(=O)[C@@H](NC(=O)C[C@@H](c1ccc(Cl)c(Cl)c1)N1CCS(=O)(=O)CC1)c1ccccc1)C(=O)C(F)(F)F. The van der Waals surface area contributed by atoms with E-state index in [1.54, 1.807) is 48.5 Å². The molecule has 1 N–H and O–H groups in total. The first-order valence-electron chi connectivity index (χ1n) is 13.0. The predicted molar refractivity (Wildman–Crippen MR) is 150 cm³/mol. The number of Topliss-reactive ketones (excluding diaryl/α,β-unsaturated/α-hetero) is 2. The molecule has 3 atom stereocenters. The van der Waals surface area contributed by atoms with E-state index in [1.807, 2.05) is 4.90 Å². The maximum atomic E-state index is 13.4. The molecule has 2 aromatic carbocycles. The Bertz CT molecular complexity index is 1360. The van der Waals surface area contributed by atoms with Crippen LogP contribution in [0.5, 0.6) is 0 Å². The van der Waals surface area contributed by atoms with Gasteiger partial charge in [0.05, 0.1) is 21.6 Å². The summed E-state index contributed by atoms with van der Waals surface area (Å²) in [6, 6.07) is 10.9. The fourth-order valence-corrected chi connectivity index (χ4v) is 6.32. The number of carbonyl (C=O) groups is 3. The summed E-state index contributed by atoms with van der Waals surface area (Å²) in [7, 11) is -3.22. The summed E-state index contributed by atoms with van der Waals surface area (Å²) in [5, 5.41) is 3.19. The lowest BCUT2D eigenvalue weighted by atomic mass is 9.84. The molecule has 41 heavy (non-hydrogen) atoms. The van der Waals surface area contributed by atoms with Crippen LogP contribution in [0.2, 0.25) is 10.0 Å². The first-order chi connectivity index (χ1) is 19.1. The van der Waals surface area contributed by atoms with Gasteiger partial charge in [-0.2, -0.15) is 13.2 Å². The lowest BCUT2D eigenvalue weighted by molar-refractivity contribution is -0.177. The molecule has 0 bridgehead atoms. The average Bonchev–Trinajstić information content (AvgIpc) is 2.90. The van der Waals surface area contributed by atoms with E-state index in [1.165, 1.54) is 13.8 Å². The predicted octanol–water partition coefficient (Wildman–Crippen LogP) is 5.38. The molecule has 7 nitrogen and oxygen atoms in total. The standard InChI is InChI=1S/C28H31Cl2F3N2O5S/c1-17(2)20(27(38)28(31,32)33)15-24(36)26(18-6-4-3-5-7-18)34-25(37)16-23(19-8-9-21(29)22(30)14-19)35-10-12-41(39,40)13-11-35/h3-9,14,17,20,23,26H,10-13,15-16H2,1-2H3,(H,34,37)/t20-,23-,26-/m0/s1. The molecule has 0 aliphatic carbocycles. The molecule has 2 aromatic rings. The van der Waals surface area contributed by atoms with Crippen molar-refractivity contribution in [1.82, 2.24) is 10.2 Å². The van der Waals surface area contributed by atoms with Gasteiger partial charge in [0.15, 0.2) is 15.6 Å². The first-order valence-corrected chi connectivity index (χ1v) is 15.5. The number of benzene rings is 2. The van der Waals surface area contributed by atoms with E-state index in [0.29, 0.717) is 16.1 Å². The molecule has 224 valence electrons. The van der Waals surface area contributed by atoms with Crippen molar-refractivity contribution in [2.24, 2.45) is 11.8 Å². The molecule has 1 fully saturated rings. The highest BCUT2D eigenvalue weighted by Crippen LogP contribution is 2.33. The lowest BCUT2D eigenvalue weighted by Gasteiger charge is -2.35. The van der Waals surface area contributed by atoms with Crippen LogP contribution in [0.4, 0.5) is 13.2 Å². The number of sulfone groups is 1. The van der Waals surface area contributed by atoms with E-state index in [0.717, 1.165) is 0 Å². The van der Waals surface area contributed by atoms with Gasteiger partial charge in [0, 0.05) is 37.9 Å². The molecule has 1 aliphatic rings. The number of amides is 1. The monoisotopic (exact) mass is 634 g/mol. The van der Waals surface area contributed by atoms with Crippen molar-refractivity contribution < 1.29 is 36.0 Å². The second-order valence-corrected chi connectivity index (χ2v) is 13.5. The maximum absolute atomic E-state index is 13.4. The van der Waals surface area contributed by atoms with Gasteiger partial charge >= 0.3 is 6.18 Å². The molecule has 1 aliphatic heterocycles. The van der Waals surface area contributed by atoms with Gasteiger partial charge in [-0.3, -0.25) is 19.3 Å². The number of rotatable bonds is 11. The average molecular weight is 636 g/mol. The third kappa shape index (κ3) is 9.01. The molecule has 0 spiro atoms. The van der Waals surface area contributed by atoms with Gasteiger partial charge in [0.1, 0.15) is 6.04 Å².